The number of carbonyl (C=O) groups is 1. The molecule has 5 fully saturated rings. The van der Waals surface area contributed by atoms with Gasteiger partial charge in [0.15, 0.2) is 5.79 Å². The van der Waals surface area contributed by atoms with E-state index in [1.807, 2.05) is 0 Å². The molecule has 0 radical (unpaired) electrons. The van der Waals surface area contributed by atoms with Crippen LogP contribution in [0.3, 0.4) is 0 Å². The number of fused-ring (bicyclic) bond motifs is 2. The minimum atomic E-state index is -0.630. The summed E-state index contributed by atoms with van der Waals surface area (Å²) in [5.41, 5.74) is -0.572. The van der Waals surface area contributed by atoms with Crippen LogP contribution in [0.5, 0.6) is 0 Å². The summed E-state index contributed by atoms with van der Waals surface area (Å²) in [4.78, 5) is 11.8. The van der Waals surface area contributed by atoms with Gasteiger partial charge in [-0.25, -0.2) is 0 Å². The third-order valence-electron chi connectivity index (χ3n) is 5.43. The smallest absolute Gasteiger partial charge is 0.309 e. The molecule has 2 aliphatic carbocycles. The molecule has 4 nitrogen and oxygen atoms in total. The fourth-order valence-corrected chi connectivity index (χ4v) is 4.49. The molecule has 2 bridgehead atoms. The Bertz CT molecular complexity index is 389. The Morgan fingerprint density at radius 2 is 2.00 bits per heavy atom. The Hall–Kier alpha value is -0.610. The number of carboxylic acids is 1. The van der Waals surface area contributed by atoms with Crippen molar-refractivity contribution >= 4 is 5.97 Å². The molecule has 2 saturated carbocycles. The topological polar surface area (TPSA) is 59.1 Å². The summed E-state index contributed by atoms with van der Waals surface area (Å²) in [5.74, 6) is -0.508. The standard InChI is InChI=1S/C14H20O4/c15-12(16)13(6-9-4-2-1-3-5-9)7-10-11-14(8-13,17-10)18-11/h9-11H,1-8H2,(H,15,16). The molecule has 0 aromatic rings. The molecule has 18 heavy (non-hydrogen) atoms. The van der Waals surface area contributed by atoms with Crippen molar-refractivity contribution in [3.05, 3.63) is 0 Å². The van der Waals surface area contributed by atoms with E-state index in [1.54, 1.807) is 0 Å². The maximum Gasteiger partial charge on any atom is 0.309 e. The van der Waals surface area contributed by atoms with Gasteiger partial charge in [0.2, 0.25) is 0 Å². The van der Waals surface area contributed by atoms with E-state index in [0.717, 1.165) is 6.42 Å². The number of epoxide rings is 1. The van der Waals surface area contributed by atoms with Crippen LogP contribution in [0.4, 0.5) is 0 Å². The number of hydrogen-bond acceptors (Lipinski definition) is 3. The molecule has 1 spiro atoms. The van der Waals surface area contributed by atoms with Crippen molar-refractivity contribution in [3.63, 3.8) is 0 Å². The summed E-state index contributed by atoms with van der Waals surface area (Å²) in [6, 6.07) is 0. The molecular weight excluding hydrogens is 232 g/mol. The molecule has 0 amide bonds. The Labute approximate surface area is 107 Å². The number of rotatable bonds is 3. The van der Waals surface area contributed by atoms with Crippen LogP contribution in [-0.4, -0.2) is 29.1 Å². The molecule has 5 aliphatic rings. The lowest BCUT2D eigenvalue weighted by Crippen LogP contribution is -2.57. The predicted octanol–water partition coefficient (Wildman–Crippen LogP) is 2.32. The zero-order valence-corrected chi connectivity index (χ0v) is 10.6. The van der Waals surface area contributed by atoms with Crippen molar-refractivity contribution in [1.82, 2.24) is 0 Å². The highest BCUT2D eigenvalue weighted by Gasteiger charge is 2.79. The molecule has 100 valence electrons. The summed E-state index contributed by atoms with van der Waals surface area (Å²) in [7, 11) is 0. The van der Waals surface area contributed by atoms with Gasteiger partial charge in [-0.2, -0.15) is 0 Å². The van der Waals surface area contributed by atoms with Crippen LogP contribution in [0.1, 0.15) is 51.4 Å². The molecule has 4 unspecified atom stereocenters. The largest absolute Gasteiger partial charge is 0.481 e. The number of hydrogen-bond donors (Lipinski definition) is 1. The summed E-state index contributed by atoms with van der Waals surface area (Å²) >= 11 is 0. The zero-order chi connectivity index (χ0) is 12.4. The molecule has 1 N–H and O–H groups in total. The van der Waals surface area contributed by atoms with Crippen molar-refractivity contribution in [1.29, 1.82) is 0 Å². The van der Waals surface area contributed by atoms with Gasteiger partial charge in [0.05, 0.1) is 11.5 Å². The van der Waals surface area contributed by atoms with Crippen LogP contribution in [0, 0.1) is 11.3 Å². The highest BCUT2D eigenvalue weighted by molar-refractivity contribution is 5.75. The van der Waals surface area contributed by atoms with Crippen molar-refractivity contribution in [2.24, 2.45) is 11.3 Å². The Morgan fingerprint density at radius 1 is 1.22 bits per heavy atom. The van der Waals surface area contributed by atoms with E-state index in [-0.39, 0.29) is 12.2 Å². The van der Waals surface area contributed by atoms with E-state index >= 15 is 0 Å². The summed E-state index contributed by atoms with van der Waals surface area (Å²) < 4.78 is 11.2. The molecular formula is C14H20O4. The third-order valence-corrected chi connectivity index (χ3v) is 5.43. The Kier molecular flexibility index (Phi) is 2.17. The molecule has 3 saturated heterocycles. The van der Waals surface area contributed by atoms with E-state index in [9.17, 15) is 9.90 Å². The molecule has 0 aromatic carbocycles. The second-order valence-electron chi connectivity index (χ2n) is 6.68. The summed E-state index contributed by atoms with van der Waals surface area (Å²) in [6.45, 7) is 0. The van der Waals surface area contributed by atoms with Crippen LogP contribution in [0.2, 0.25) is 0 Å². The van der Waals surface area contributed by atoms with E-state index in [4.69, 9.17) is 9.47 Å². The fourth-order valence-electron chi connectivity index (χ4n) is 4.49. The van der Waals surface area contributed by atoms with E-state index in [2.05, 4.69) is 0 Å². The van der Waals surface area contributed by atoms with Crippen molar-refractivity contribution in [2.45, 2.75) is 69.4 Å². The van der Waals surface area contributed by atoms with Gasteiger partial charge >= 0.3 is 5.97 Å². The predicted molar refractivity (Wildman–Crippen MR) is 63.0 cm³/mol. The fraction of sp³-hybridized carbons (Fsp3) is 0.929. The van der Waals surface area contributed by atoms with Gasteiger partial charge in [0, 0.05) is 6.42 Å². The van der Waals surface area contributed by atoms with Gasteiger partial charge in [-0.1, -0.05) is 32.1 Å². The Balaban J connectivity index is 1.52. The van der Waals surface area contributed by atoms with Crippen LogP contribution >= 0.6 is 0 Å². The van der Waals surface area contributed by atoms with Crippen molar-refractivity contribution in [3.8, 4) is 0 Å². The number of aliphatic carboxylic acids is 1. The first kappa shape index (κ1) is 11.2. The lowest BCUT2D eigenvalue weighted by Gasteiger charge is -2.47. The minimum absolute atomic E-state index is 0.0541. The van der Waals surface area contributed by atoms with Crippen LogP contribution < -0.4 is 0 Å². The highest BCUT2D eigenvalue weighted by Crippen LogP contribution is 2.66. The van der Waals surface area contributed by atoms with E-state index in [0.29, 0.717) is 18.8 Å². The SMILES string of the molecule is O=C(O)C1(CC2CCCCC2)CC2OC3(C1)OC23. The van der Waals surface area contributed by atoms with Gasteiger partial charge < -0.3 is 14.6 Å². The Morgan fingerprint density at radius 3 is 2.61 bits per heavy atom. The molecule has 4 heteroatoms. The monoisotopic (exact) mass is 252 g/mol. The van der Waals surface area contributed by atoms with Gasteiger partial charge in [-0.3, -0.25) is 4.79 Å². The maximum absolute atomic E-state index is 11.8. The first-order valence-corrected chi connectivity index (χ1v) is 7.23. The van der Waals surface area contributed by atoms with Gasteiger partial charge in [-0.05, 0) is 18.8 Å². The number of ether oxygens (including phenoxy) is 2. The van der Waals surface area contributed by atoms with E-state index < -0.39 is 17.2 Å². The van der Waals surface area contributed by atoms with Crippen LogP contribution in [-0.2, 0) is 14.3 Å². The molecule has 0 aromatic heterocycles. The second-order valence-corrected chi connectivity index (χ2v) is 6.68. The molecule has 4 atom stereocenters. The molecule has 3 aliphatic heterocycles. The second kappa shape index (κ2) is 3.48. The average molecular weight is 252 g/mol. The van der Waals surface area contributed by atoms with E-state index in [1.165, 1.54) is 32.1 Å². The van der Waals surface area contributed by atoms with Crippen molar-refractivity contribution in [2.75, 3.05) is 0 Å². The minimum Gasteiger partial charge on any atom is -0.481 e. The van der Waals surface area contributed by atoms with Crippen LogP contribution in [0.15, 0.2) is 0 Å². The maximum atomic E-state index is 11.8. The van der Waals surface area contributed by atoms with Crippen molar-refractivity contribution < 1.29 is 19.4 Å². The first-order valence-electron chi connectivity index (χ1n) is 7.23. The number of carboxylic acid groups (broad SMARTS) is 1. The first-order chi connectivity index (χ1) is 8.64. The third kappa shape index (κ3) is 1.42. The molecule has 5 rings (SSSR count). The highest BCUT2D eigenvalue weighted by atomic mass is 16.9. The average Bonchev–Trinajstić information content (AvgIpc) is 2.96. The zero-order valence-electron chi connectivity index (χ0n) is 10.6. The quantitative estimate of drug-likeness (QED) is 0.783. The molecule has 3 heterocycles. The lowest BCUT2D eigenvalue weighted by atomic mass is 9.63. The van der Waals surface area contributed by atoms with Gasteiger partial charge in [-0.15, -0.1) is 0 Å². The normalized spacial score (nSPS) is 50.2. The van der Waals surface area contributed by atoms with Gasteiger partial charge in [0.25, 0.3) is 0 Å². The summed E-state index contributed by atoms with van der Waals surface area (Å²) in [5, 5.41) is 9.68. The van der Waals surface area contributed by atoms with Crippen LogP contribution in [0.25, 0.3) is 0 Å². The summed E-state index contributed by atoms with van der Waals surface area (Å²) in [6.07, 6.45) is 8.61. The lowest BCUT2D eigenvalue weighted by molar-refractivity contribution is -0.214. The van der Waals surface area contributed by atoms with Gasteiger partial charge in [0.1, 0.15) is 6.10 Å².